The summed E-state index contributed by atoms with van der Waals surface area (Å²) in [5.41, 5.74) is 2.74. The van der Waals surface area contributed by atoms with Gasteiger partial charge in [-0.2, -0.15) is 0 Å². The molecule has 3 rings (SSSR count). The Hall–Kier alpha value is -1.70. The van der Waals surface area contributed by atoms with E-state index in [-0.39, 0.29) is 0 Å². The fourth-order valence-electron chi connectivity index (χ4n) is 2.56. The number of thiazole rings is 1. The van der Waals surface area contributed by atoms with E-state index in [1.165, 1.54) is 16.9 Å². The van der Waals surface area contributed by atoms with Gasteiger partial charge in [0.1, 0.15) is 9.90 Å². The van der Waals surface area contributed by atoms with Crippen LogP contribution in [0.4, 0.5) is 5.69 Å². The third-order valence-corrected chi connectivity index (χ3v) is 8.16. The Labute approximate surface area is 163 Å². The summed E-state index contributed by atoms with van der Waals surface area (Å²) < 4.78 is 28.4. The molecule has 0 aliphatic carbocycles. The number of aromatic nitrogens is 1. The first-order valence-corrected chi connectivity index (χ1v) is 11.5. The summed E-state index contributed by atoms with van der Waals surface area (Å²) in [6, 6.07) is 9.25. The van der Waals surface area contributed by atoms with E-state index in [2.05, 4.69) is 23.6 Å². The summed E-state index contributed by atoms with van der Waals surface area (Å²) in [5.74, 6) is 0.410. The number of rotatable bonds is 5. The second-order valence-corrected chi connectivity index (χ2v) is 10.7. The van der Waals surface area contributed by atoms with E-state index in [0.717, 1.165) is 25.3 Å². The predicted molar refractivity (Wildman–Crippen MR) is 111 cm³/mol. The molecule has 2 heterocycles. The Morgan fingerprint density at radius 1 is 1.00 bits per heavy atom. The van der Waals surface area contributed by atoms with Gasteiger partial charge in [0.15, 0.2) is 0 Å². The van der Waals surface area contributed by atoms with Crippen LogP contribution in [0.3, 0.4) is 0 Å². The first-order valence-electron chi connectivity index (χ1n) is 8.35. The number of benzene rings is 1. The zero-order valence-corrected chi connectivity index (χ0v) is 17.9. The summed E-state index contributed by atoms with van der Waals surface area (Å²) in [6.07, 6.45) is 0. The highest BCUT2D eigenvalue weighted by molar-refractivity contribution is 7.93. The number of hydrogen-bond acceptors (Lipinski definition) is 5. The molecule has 0 aliphatic rings. The molecule has 138 valence electrons. The Kier molecular flexibility index (Phi) is 5.23. The predicted octanol–water partition coefficient (Wildman–Crippen LogP) is 5.72. The lowest BCUT2D eigenvalue weighted by Gasteiger charge is -2.10. The van der Waals surface area contributed by atoms with Crippen molar-refractivity contribution >= 4 is 38.4 Å². The summed E-state index contributed by atoms with van der Waals surface area (Å²) in [6.45, 7) is 10.0. The van der Waals surface area contributed by atoms with Crippen molar-refractivity contribution in [3.8, 4) is 9.88 Å². The van der Waals surface area contributed by atoms with Gasteiger partial charge < -0.3 is 0 Å². The monoisotopic (exact) mass is 406 g/mol. The Balaban J connectivity index is 1.89. The maximum Gasteiger partial charge on any atom is 0.263 e. The average Bonchev–Trinajstić information content (AvgIpc) is 3.11. The van der Waals surface area contributed by atoms with Crippen LogP contribution in [-0.4, -0.2) is 13.4 Å². The SMILES string of the molecule is Cc1nc(-c2cc(S(=O)(=O)Nc3ccc(C(C)C)cc3)c(C)s2)sc1C. The fraction of sp³-hybridized carbons (Fsp3) is 0.316. The molecule has 26 heavy (non-hydrogen) atoms. The number of sulfonamides is 1. The van der Waals surface area contributed by atoms with Crippen molar-refractivity contribution in [1.82, 2.24) is 4.98 Å². The molecule has 0 fully saturated rings. The minimum Gasteiger partial charge on any atom is -0.280 e. The smallest absolute Gasteiger partial charge is 0.263 e. The van der Waals surface area contributed by atoms with Crippen molar-refractivity contribution in [2.45, 2.75) is 45.4 Å². The van der Waals surface area contributed by atoms with Crippen LogP contribution in [0, 0.1) is 20.8 Å². The van der Waals surface area contributed by atoms with E-state index >= 15 is 0 Å². The van der Waals surface area contributed by atoms with Crippen molar-refractivity contribution in [2.75, 3.05) is 4.72 Å². The van der Waals surface area contributed by atoms with Gasteiger partial charge in [-0.1, -0.05) is 26.0 Å². The summed E-state index contributed by atoms with van der Waals surface area (Å²) >= 11 is 3.05. The molecule has 0 radical (unpaired) electrons. The number of nitrogens with zero attached hydrogens (tertiary/aromatic N) is 1. The molecular formula is C19H22N2O2S3. The van der Waals surface area contributed by atoms with Crippen LogP contribution in [0.5, 0.6) is 0 Å². The van der Waals surface area contributed by atoms with Gasteiger partial charge in [-0.25, -0.2) is 13.4 Å². The number of nitrogens with one attached hydrogen (secondary N) is 1. The number of anilines is 1. The molecule has 0 unspecified atom stereocenters. The Morgan fingerprint density at radius 2 is 1.65 bits per heavy atom. The highest BCUT2D eigenvalue weighted by atomic mass is 32.2. The molecule has 0 bridgehead atoms. The molecule has 0 saturated carbocycles. The second-order valence-electron chi connectivity index (χ2n) is 6.57. The topological polar surface area (TPSA) is 59.1 Å². The summed E-state index contributed by atoms with van der Waals surface area (Å²) in [4.78, 5) is 7.66. The molecule has 0 aliphatic heterocycles. The van der Waals surface area contributed by atoms with Gasteiger partial charge in [0.25, 0.3) is 10.0 Å². The van der Waals surface area contributed by atoms with Crippen LogP contribution >= 0.6 is 22.7 Å². The highest BCUT2D eigenvalue weighted by Crippen LogP contribution is 2.37. The standard InChI is InChI=1S/C19H22N2O2S3/c1-11(2)15-6-8-16(9-7-15)21-26(22,23)18-10-17(24-14(18)5)19-20-12(3)13(4)25-19/h6-11,21H,1-5H3. The van der Waals surface area contributed by atoms with Crippen LogP contribution in [0.15, 0.2) is 35.2 Å². The van der Waals surface area contributed by atoms with E-state index in [1.54, 1.807) is 17.4 Å². The van der Waals surface area contributed by atoms with E-state index in [9.17, 15) is 8.42 Å². The molecular weight excluding hydrogens is 384 g/mol. The molecule has 0 spiro atoms. The normalized spacial score (nSPS) is 11.9. The fourth-order valence-corrected chi connectivity index (χ4v) is 6.17. The van der Waals surface area contributed by atoms with Gasteiger partial charge in [0.2, 0.25) is 0 Å². The van der Waals surface area contributed by atoms with Crippen LogP contribution in [0.2, 0.25) is 0 Å². The molecule has 7 heteroatoms. The lowest BCUT2D eigenvalue weighted by atomic mass is 10.0. The molecule has 2 aromatic heterocycles. The van der Waals surface area contributed by atoms with Crippen molar-refractivity contribution in [3.63, 3.8) is 0 Å². The maximum absolute atomic E-state index is 12.8. The summed E-state index contributed by atoms with van der Waals surface area (Å²) in [7, 11) is -3.63. The van der Waals surface area contributed by atoms with Gasteiger partial charge in [-0.05, 0) is 50.5 Å². The first kappa shape index (κ1) is 19.1. The zero-order valence-electron chi connectivity index (χ0n) is 15.5. The van der Waals surface area contributed by atoms with Crippen LogP contribution in [-0.2, 0) is 10.0 Å². The van der Waals surface area contributed by atoms with Gasteiger partial charge >= 0.3 is 0 Å². The molecule has 1 N–H and O–H groups in total. The van der Waals surface area contributed by atoms with Crippen molar-refractivity contribution < 1.29 is 8.42 Å². The zero-order chi connectivity index (χ0) is 19.1. The largest absolute Gasteiger partial charge is 0.280 e. The summed E-state index contributed by atoms with van der Waals surface area (Å²) in [5, 5.41) is 0.871. The van der Waals surface area contributed by atoms with Gasteiger partial charge in [0.05, 0.1) is 10.6 Å². The van der Waals surface area contributed by atoms with E-state index in [1.807, 2.05) is 45.0 Å². The lowest BCUT2D eigenvalue weighted by molar-refractivity contribution is 0.601. The van der Waals surface area contributed by atoms with Crippen molar-refractivity contribution in [3.05, 3.63) is 51.3 Å². The van der Waals surface area contributed by atoms with Gasteiger partial charge in [-0.15, -0.1) is 22.7 Å². The number of thiophene rings is 1. The van der Waals surface area contributed by atoms with Crippen LogP contribution in [0.25, 0.3) is 9.88 Å². The molecule has 1 aromatic carbocycles. The Morgan fingerprint density at radius 3 is 2.19 bits per heavy atom. The third kappa shape index (κ3) is 3.84. The van der Waals surface area contributed by atoms with Crippen molar-refractivity contribution in [2.24, 2.45) is 0 Å². The van der Waals surface area contributed by atoms with Crippen molar-refractivity contribution in [1.29, 1.82) is 0 Å². The number of hydrogen-bond donors (Lipinski definition) is 1. The quantitative estimate of drug-likeness (QED) is 0.589. The molecule has 4 nitrogen and oxygen atoms in total. The molecule has 3 aromatic rings. The molecule has 0 amide bonds. The van der Waals surface area contributed by atoms with E-state index in [4.69, 9.17) is 0 Å². The highest BCUT2D eigenvalue weighted by Gasteiger charge is 2.22. The third-order valence-electron chi connectivity index (χ3n) is 4.23. The van der Waals surface area contributed by atoms with Gasteiger partial charge in [-0.3, -0.25) is 4.72 Å². The lowest BCUT2D eigenvalue weighted by Crippen LogP contribution is -2.13. The van der Waals surface area contributed by atoms with E-state index in [0.29, 0.717) is 16.5 Å². The molecule has 0 saturated heterocycles. The maximum atomic E-state index is 12.8. The molecule has 0 atom stereocenters. The Bertz CT molecular complexity index is 1010. The second kappa shape index (κ2) is 7.13. The first-order chi connectivity index (χ1) is 12.2. The van der Waals surface area contributed by atoms with Crippen LogP contribution < -0.4 is 4.72 Å². The van der Waals surface area contributed by atoms with Gasteiger partial charge in [0, 0.05) is 15.4 Å². The minimum absolute atomic E-state index is 0.316. The number of aryl methyl sites for hydroxylation is 3. The average molecular weight is 407 g/mol. The minimum atomic E-state index is -3.63. The van der Waals surface area contributed by atoms with Crippen LogP contribution in [0.1, 0.15) is 40.8 Å². The van der Waals surface area contributed by atoms with E-state index < -0.39 is 10.0 Å².